The van der Waals surface area contributed by atoms with Crippen LogP contribution in [-0.4, -0.2) is 45.7 Å². The lowest BCUT2D eigenvalue weighted by Gasteiger charge is -2.31. The van der Waals surface area contributed by atoms with E-state index in [4.69, 9.17) is 0 Å². The zero-order valence-electron chi connectivity index (χ0n) is 13.1. The van der Waals surface area contributed by atoms with E-state index in [-0.39, 0.29) is 11.3 Å². The van der Waals surface area contributed by atoms with E-state index in [0.29, 0.717) is 6.54 Å². The van der Waals surface area contributed by atoms with Crippen LogP contribution in [0.25, 0.3) is 0 Å². The van der Waals surface area contributed by atoms with Crippen molar-refractivity contribution in [1.82, 2.24) is 25.0 Å². The van der Waals surface area contributed by atoms with Gasteiger partial charge in [-0.1, -0.05) is 13.3 Å². The Morgan fingerprint density at radius 1 is 1.48 bits per heavy atom. The minimum Gasteiger partial charge on any atom is -0.338 e. The van der Waals surface area contributed by atoms with Gasteiger partial charge in [0, 0.05) is 26.6 Å². The fourth-order valence-corrected chi connectivity index (χ4v) is 3.74. The van der Waals surface area contributed by atoms with Crippen molar-refractivity contribution in [3.05, 3.63) is 11.6 Å². The van der Waals surface area contributed by atoms with Crippen molar-refractivity contribution in [3.63, 3.8) is 0 Å². The zero-order chi connectivity index (χ0) is 14.9. The van der Waals surface area contributed by atoms with Gasteiger partial charge in [-0.3, -0.25) is 4.79 Å². The Labute approximate surface area is 125 Å². The van der Waals surface area contributed by atoms with Gasteiger partial charge in [0.15, 0.2) is 5.82 Å². The summed E-state index contributed by atoms with van der Waals surface area (Å²) in [4.78, 5) is 14.8. The van der Waals surface area contributed by atoms with Gasteiger partial charge in [0.05, 0.1) is 12.0 Å². The summed E-state index contributed by atoms with van der Waals surface area (Å²) in [7, 11) is 1.90. The van der Waals surface area contributed by atoms with E-state index in [1.54, 1.807) is 0 Å². The van der Waals surface area contributed by atoms with E-state index in [9.17, 15) is 4.79 Å². The van der Waals surface area contributed by atoms with Crippen LogP contribution in [0.4, 0.5) is 0 Å². The second kappa shape index (κ2) is 5.75. The van der Waals surface area contributed by atoms with Crippen molar-refractivity contribution in [1.29, 1.82) is 0 Å². The van der Waals surface area contributed by atoms with Crippen molar-refractivity contribution in [2.75, 3.05) is 20.1 Å². The lowest BCUT2D eigenvalue weighted by atomic mass is 9.81. The molecule has 21 heavy (non-hydrogen) atoms. The largest absolute Gasteiger partial charge is 0.338 e. The third-order valence-corrected chi connectivity index (χ3v) is 4.84. The number of fused-ring (bicyclic) bond motifs is 1. The number of nitrogens with one attached hydrogen (secondary N) is 1. The van der Waals surface area contributed by atoms with E-state index in [0.717, 1.165) is 63.4 Å². The molecule has 0 radical (unpaired) electrons. The predicted octanol–water partition coefficient (Wildman–Crippen LogP) is 0.962. The Bertz CT molecular complexity index is 518. The molecular formula is C15H25N5O. The highest BCUT2D eigenvalue weighted by molar-refractivity contribution is 5.83. The van der Waals surface area contributed by atoms with Crippen LogP contribution < -0.4 is 5.32 Å². The van der Waals surface area contributed by atoms with Gasteiger partial charge in [-0.15, -0.1) is 10.2 Å². The Balaban J connectivity index is 1.72. The van der Waals surface area contributed by atoms with Crippen molar-refractivity contribution >= 4 is 5.91 Å². The Morgan fingerprint density at radius 3 is 3.05 bits per heavy atom. The first-order chi connectivity index (χ1) is 10.2. The molecule has 1 aromatic rings. The van der Waals surface area contributed by atoms with Crippen LogP contribution in [0, 0.1) is 5.41 Å². The number of hydrogen-bond acceptors (Lipinski definition) is 4. The SMILES string of the molecule is CCCC1(C(=O)N(C)Cc2nnc3n2CCC3)CCNC1. The van der Waals surface area contributed by atoms with Gasteiger partial charge in [-0.05, 0) is 25.8 Å². The molecule has 0 bridgehead atoms. The molecule has 6 heteroatoms. The first-order valence-electron chi connectivity index (χ1n) is 8.03. The maximum atomic E-state index is 12.9. The molecule has 0 spiro atoms. The summed E-state index contributed by atoms with van der Waals surface area (Å²) in [6, 6.07) is 0. The van der Waals surface area contributed by atoms with Crippen LogP contribution in [-0.2, 0) is 24.3 Å². The number of aromatic nitrogens is 3. The molecule has 1 amide bonds. The maximum absolute atomic E-state index is 12.9. The molecule has 0 aliphatic carbocycles. The fourth-order valence-electron chi connectivity index (χ4n) is 3.74. The molecule has 1 saturated heterocycles. The van der Waals surface area contributed by atoms with E-state index in [2.05, 4.69) is 27.0 Å². The molecule has 0 aromatic carbocycles. The summed E-state index contributed by atoms with van der Waals surface area (Å²) in [5.74, 6) is 2.25. The van der Waals surface area contributed by atoms with E-state index in [1.807, 2.05) is 11.9 Å². The van der Waals surface area contributed by atoms with Crippen molar-refractivity contribution < 1.29 is 4.79 Å². The number of carbonyl (C=O) groups is 1. The molecule has 1 unspecified atom stereocenters. The van der Waals surface area contributed by atoms with Crippen molar-refractivity contribution in [3.8, 4) is 0 Å². The smallest absolute Gasteiger partial charge is 0.230 e. The molecule has 116 valence electrons. The highest BCUT2D eigenvalue weighted by Crippen LogP contribution is 2.33. The van der Waals surface area contributed by atoms with Crippen LogP contribution in [0.15, 0.2) is 0 Å². The number of amides is 1. The molecule has 1 N–H and O–H groups in total. The molecular weight excluding hydrogens is 266 g/mol. The predicted molar refractivity (Wildman–Crippen MR) is 79.6 cm³/mol. The number of nitrogens with zero attached hydrogens (tertiary/aromatic N) is 4. The third-order valence-electron chi connectivity index (χ3n) is 4.84. The van der Waals surface area contributed by atoms with Gasteiger partial charge in [-0.2, -0.15) is 0 Å². The average molecular weight is 291 g/mol. The zero-order valence-corrected chi connectivity index (χ0v) is 13.1. The van der Waals surface area contributed by atoms with E-state index >= 15 is 0 Å². The summed E-state index contributed by atoms with van der Waals surface area (Å²) in [5, 5.41) is 11.8. The summed E-state index contributed by atoms with van der Waals surface area (Å²) in [6.45, 7) is 5.46. The van der Waals surface area contributed by atoms with Crippen LogP contribution in [0.1, 0.15) is 44.3 Å². The topological polar surface area (TPSA) is 63.1 Å². The molecule has 2 aliphatic rings. The van der Waals surface area contributed by atoms with Gasteiger partial charge < -0.3 is 14.8 Å². The molecule has 0 saturated carbocycles. The Morgan fingerprint density at radius 2 is 2.33 bits per heavy atom. The molecule has 3 rings (SSSR count). The van der Waals surface area contributed by atoms with Crippen LogP contribution in [0.3, 0.4) is 0 Å². The lowest BCUT2D eigenvalue weighted by molar-refractivity contribution is -0.141. The summed E-state index contributed by atoms with van der Waals surface area (Å²) in [6.07, 6.45) is 5.10. The number of aryl methyl sites for hydroxylation is 1. The molecule has 3 heterocycles. The minimum atomic E-state index is -0.211. The average Bonchev–Trinajstić information content (AvgIpc) is 3.17. The first-order valence-corrected chi connectivity index (χ1v) is 8.03. The highest BCUT2D eigenvalue weighted by Gasteiger charge is 2.42. The molecule has 1 fully saturated rings. The quantitative estimate of drug-likeness (QED) is 0.878. The molecule has 1 aromatic heterocycles. The summed E-state index contributed by atoms with van der Waals surface area (Å²) >= 11 is 0. The summed E-state index contributed by atoms with van der Waals surface area (Å²) in [5.41, 5.74) is -0.211. The highest BCUT2D eigenvalue weighted by atomic mass is 16.2. The molecule has 2 aliphatic heterocycles. The second-order valence-corrected chi connectivity index (χ2v) is 6.41. The second-order valence-electron chi connectivity index (χ2n) is 6.41. The van der Waals surface area contributed by atoms with Gasteiger partial charge in [0.25, 0.3) is 0 Å². The number of rotatable bonds is 5. The standard InChI is InChI=1S/C15H25N5O/c1-3-6-15(7-8-16-11-15)14(21)19(2)10-13-18-17-12-5-4-9-20(12)13/h16H,3-11H2,1-2H3. The normalized spacial score (nSPS) is 24.3. The first kappa shape index (κ1) is 14.5. The lowest BCUT2D eigenvalue weighted by Crippen LogP contribution is -2.43. The van der Waals surface area contributed by atoms with Gasteiger partial charge in [0.1, 0.15) is 5.82 Å². The van der Waals surface area contributed by atoms with E-state index < -0.39 is 0 Å². The fraction of sp³-hybridized carbons (Fsp3) is 0.800. The monoisotopic (exact) mass is 291 g/mol. The van der Waals surface area contributed by atoms with Crippen LogP contribution >= 0.6 is 0 Å². The van der Waals surface area contributed by atoms with Gasteiger partial charge >= 0.3 is 0 Å². The van der Waals surface area contributed by atoms with Crippen molar-refractivity contribution in [2.45, 2.75) is 52.1 Å². The molecule has 6 nitrogen and oxygen atoms in total. The third kappa shape index (κ3) is 2.57. The summed E-state index contributed by atoms with van der Waals surface area (Å²) < 4.78 is 2.17. The number of carbonyl (C=O) groups excluding carboxylic acids is 1. The maximum Gasteiger partial charge on any atom is 0.230 e. The van der Waals surface area contributed by atoms with Gasteiger partial charge in [-0.25, -0.2) is 0 Å². The minimum absolute atomic E-state index is 0.211. The van der Waals surface area contributed by atoms with Crippen LogP contribution in [0.5, 0.6) is 0 Å². The Hall–Kier alpha value is -1.43. The Kier molecular flexibility index (Phi) is 3.97. The van der Waals surface area contributed by atoms with Crippen molar-refractivity contribution in [2.24, 2.45) is 5.41 Å². The van der Waals surface area contributed by atoms with E-state index in [1.165, 1.54) is 0 Å². The van der Waals surface area contributed by atoms with Crippen LogP contribution in [0.2, 0.25) is 0 Å². The van der Waals surface area contributed by atoms with Gasteiger partial charge in [0.2, 0.25) is 5.91 Å². The molecule has 1 atom stereocenters. The number of hydrogen-bond donors (Lipinski definition) is 1.